The van der Waals surface area contributed by atoms with Crippen LogP contribution in [0.4, 0.5) is 17.1 Å². The summed E-state index contributed by atoms with van der Waals surface area (Å²) in [5.74, 6) is 0. The Balaban J connectivity index is 1.11. The van der Waals surface area contributed by atoms with E-state index >= 15 is 0 Å². The molecule has 2 aromatic heterocycles. The zero-order chi connectivity index (χ0) is 40.3. The Bertz CT molecular complexity index is 3540. The maximum absolute atomic E-state index is 6.19. The molecule has 12 aromatic rings. The molecule has 0 atom stereocenters. The van der Waals surface area contributed by atoms with E-state index in [4.69, 9.17) is 4.42 Å². The Hall–Kier alpha value is -8.14. The average molecular weight is 779 g/mol. The predicted molar refractivity (Wildman–Crippen MR) is 257 cm³/mol. The molecule has 3 nitrogen and oxygen atoms in total. The van der Waals surface area contributed by atoms with Crippen LogP contribution in [0, 0.1) is 0 Å². The van der Waals surface area contributed by atoms with Crippen molar-refractivity contribution in [2.75, 3.05) is 4.90 Å². The number of rotatable bonds is 7. The zero-order valence-corrected chi connectivity index (χ0v) is 33.2. The van der Waals surface area contributed by atoms with Crippen molar-refractivity contribution in [3.05, 3.63) is 231 Å². The van der Waals surface area contributed by atoms with Crippen molar-refractivity contribution in [1.82, 2.24) is 4.57 Å². The Morgan fingerprint density at radius 1 is 0.328 bits per heavy atom. The fourth-order valence-corrected chi connectivity index (χ4v) is 9.36. The molecule has 0 aliphatic rings. The van der Waals surface area contributed by atoms with E-state index in [0.717, 1.165) is 72.5 Å². The van der Waals surface area contributed by atoms with E-state index in [0.29, 0.717) is 0 Å². The highest BCUT2D eigenvalue weighted by Crippen LogP contribution is 2.47. The molecule has 0 spiro atoms. The second-order valence-electron chi connectivity index (χ2n) is 15.7. The summed E-state index contributed by atoms with van der Waals surface area (Å²) >= 11 is 0. The fourth-order valence-electron chi connectivity index (χ4n) is 9.36. The summed E-state index contributed by atoms with van der Waals surface area (Å²) < 4.78 is 8.62. The number of fused-ring (bicyclic) bond motifs is 7. The van der Waals surface area contributed by atoms with Crippen LogP contribution in [0.3, 0.4) is 0 Å². The van der Waals surface area contributed by atoms with Crippen molar-refractivity contribution < 1.29 is 4.42 Å². The van der Waals surface area contributed by atoms with Gasteiger partial charge in [-0.05, 0) is 99.3 Å². The minimum atomic E-state index is 0.897. The summed E-state index contributed by atoms with van der Waals surface area (Å²) in [5.41, 5.74) is 15.4. The molecule has 0 radical (unpaired) electrons. The second-order valence-corrected chi connectivity index (χ2v) is 15.7. The molecule has 61 heavy (non-hydrogen) atoms. The van der Waals surface area contributed by atoms with Crippen molar-refractivity contribution in [2.45, 2.75) is 0 Å². The van der Waals surface area contributed by atoms with Gasteiger partial charge in [-0.2, -0.15) is 0 Å². The summed E-state index contributed by atoms with van der Waals surface area (Å²) in [6, 6.07) is 83.2. The summed E-state index contributed by atoms with van der Waals surface area (Å²) in [4.78, 5) is 2.46. The molecule has 0 N–H and O–H groups in total. The largest absolute Gasteiger partial charge is 0.456 e. The smallest absolute Gasteiger partial charge is 0.135 e. The molecule has 10 aromatic carbocycles. The van der Waals surface area contributed by atoms with Crippen molar-refractivity contribution >= 4 is 71.6 Å². The van der Waals surface area contributed by atoms with E-state index < -0.39 is 0 Å². The van der Waals surface area contributed by atoms with Gasteiger partial charge in [-0.1, -0.05) is 170 Å². The molecule has 0 aliphatic carbocycles. The van der Waals surface area contributed by atoms with Crippen LogP contribution in [0.15, 0.2) is 235 Å². The highest BCUT2D eigenvalue weighted by molar-refractivity contribution is 6.10. The van der Waals surface area contributed by atoms with Crippen LogP contribution in [0.25, 0.3) is 93.6 Å². The fraction of sp³-hybridized carbons (Fsp3) is 0. The number of nitrogens with zero attached hydrogens (tertiary/aromatic N) is 2. The van der Waals surface area contributed by atoms with Gasteiger partial charge in [0.2, 0.25) is 0 Å². The van der Waals surface area contributed by atoms with Gasteiger partial charge in [-0.3, -0.25) is 0 Å². The lowest BCUT2D eigenvalue weighted by atomic mass is 9.94. The van der Waals surface area contributed by atoms with Gasteiger partial charge >= 0.3 is 0 Å². The average Bonchev–Trinajstić information content (AvgIpc) is 3.88. The number of benzene rings is 10. The van der Waals surface area contributed by atoms with Gasteiger partial charge in [0, 0.05) is 32.8 Å². The van der Waals surface area contributed by atoms with Crippen LogP contribution in [0.1, 0.15) is 0 Å². The van der Waals surface area contributed by atoms with Gasteiger partial charge in [-0.25, -0.2) is 0 Å². The van der Waals surface area contributed by atoms with Crippen molar-refractivity contribution in [3.8, 4) is 39.1 Å². The van der Waals surface area contributed by atoms with Crippen LogP contribution < -0.4 is 4.90 Å². The van der Waals surface area contributed by atoms with Gasteiger partial charge in [0.15, 0.2) is 0 Å². The third-order valence-corrected chi connectivity index (χ3v) is 12.2. The molecular weight excluding hydrogens is 741 g/mol. The third kappa shape index (κ3) is 5.82. The molecule has 286 valence electrons. The number of furan rings is 1. The lowest BCUT2D eigenvalue weighted by Gasteiger charge is -2.31. The predicted octanol–water partition coefficient (Wildman–Crippen LogP) is 16.3. The molecule has 0 saturated heterocycles. The van der Waals surface area contributed by atoms with Gasteiger partial charge < -0.3 is 13.9 Å². The van der Waals surface area contributed by atoms with Crippen molar-refractivity contribution in [3.63, 3.8) is 0 Å². The van der Waals surface area contributed by atoms with Gasteiger partial charge in [0.25, 0.3) is 0 Å². The van der Waals surface area contributed by atoms with Crippen LogP contribution in [-0.2, 0) is 0 Å². The lowest BCUT2D eigenvalue weighted by molar-refractivity contribution is 0.669. The van der Waals surface area contributed by atoms with E-state index in [1.807, 2.05) is 12.1 Å². The molecule has 0 fully saturated rings. The zero-order valence-electron chi connectivity index (χ0n) is 33.2. The summed E-state index contributed by atoms with van der Waals surface area (Å²) in [6.07, 6.45) is 0. The number of para-hydroxylation sites is 5. The molecule has 0 aliphatic heterocycles. The normalized spacial score (nSPS) is 11.6. The van der Waals surface area contributed by atoms with E-state index in [9.17, 15) is 0 Å². The molecule has 3 heteroatoms. The molecule has 0 bridgehead atoms. The summed E-state index contributed by atoms with van der Waals surface area (Å²) in [7, 11) is 0. The maximum atomic E-state index is 6.19. The summed E-state index contributed by atoms with van der Waals surface area (Å²) in [6.45, 7) is 0. The summed E-state index contributed by atoms with van der Waals surface area (Å²) in [5, 5.41) is 7.16. The highest BCUT2D eigenvalue weighted by Gasteiger charge is 2.24. The van der Waals surface area contributed by atoms with Crippen molar-refractivity contribution in [2.24, 2.45) is 0 Å². The lowest BCUT2D eigenvalue weighted by Crippen LogP contribution is -2.14. The van der Waals surface area contributed by atoms with Gasteiger partial charge in [0.1, 0.15) is 11.2 Å². The standard InChI is InChI=1S/C58H38N2O/c1-2-15-41(16-3-1)47-35-31-43(46-23-14-18-40-17-4-5-19-45(40)46)38-56(47)59(44-33-29-39(30-34-44)42-32-36-58-51(37-42)50-22-8-13-28-57(50)61-58)54-26-11-12-27-55(54)60-52-24-9-6-20-48(52)49-21-7-10-25-53(49)60/h1-38H. The van der Waals surface area contributed by atoms with E-state index in [2.05, 4.69) is 228 Å². The number of aromatic nitrogens is 1. The number of hydrogen-bond donors (Lipinski definition) is 0. The monoisotopic (exact) mass is 778 g/mol. The Morgan fingerprint density at radius 2 is 0.934 bits per heavy atom. The highest BCUT2D eigenvalue weighted by atomic mass is 16.3. The van der Waals surface area contributed by atoms with Crippen LogP contribution >= 0.6 is 0 Å². The molecule has 0 saturated carbocycles. The van der Waals surface area contributed by atoms with E-state index in [1.165, 1.54) is 38.1 Å². The molecule has 0 unspecified atom stereocenters. The van der Waals surface area contributed by atoms with E-state index in [1.54, 1.807) is 0 Å². The van der Waals surface area contributed by atoms with Gasteiger partial charge in [0.05, 0.1) is 28.1 Å². The number of anilines is 3. The third-order valence-electron chi connectivity index (χ3n) is 12.2. The molecular formula is C58H38N2O. The van der Waals surface area contributed by atoms with Crippen LogP contribution in [0.2, 0.25) is 0 Å². The maximum Gasteiger partial charge on any atom is 0.135 e. The van der Waals surface area contributed by atoms with Crippen LogP contribution in [0.5, 0.6) is 0 Å². The van der Waals surface area contributed by atoms with Crippen LogP contribution in [-0.4, -0.2) is 4.57 Å². The SMILES string of the molecule is c1ccc(-c2ccc(-c3cccc4ccccc34)cc2N(c2ccc(-c3ccc4oc5ccccc5c4c3)cc2)c2ccccc2-n2c3ccccc3c3ccccc32)cc1. The Morgan fingerprint density at radius 3 is 1.74 bits per heavy atom. The first-order valence-corrected chi connectivity index (χ1v) is 20.8. The first kappa shape index (κ1) is 34.9. The molecule has 2 heterocycles. The Labute approximate surface area is 353 Å². The minimum Gasteiger partial charge on any atom is -0.456 e. The molecule has 0 amide bonds. The molecule has 12 rings (SSSR count). The van der Waals surface area contributed by atoms with Gasteiger partial charge in [-0.15, -0.1) is 0 Å². The second kappa shape index (κ2) is 14.3. The topological polar surface area (TPSA) is 21.3 Å². The number of hydrogen-bond acceptors (Lipinski definition) is 2. The first-order chi connectivity index (χ1) is 30.3. The minimum absolute atomic E-state index is 0.897. The van der Waals surface area contributed by atoms with Crippen molar-refractivity contribution in [1.29, 1.82) is 0 Å². The van der Waals surface area contributed by atoms with E-state index in [-0.39, 0.29) is 0 Å². The first-order valence-electron chi connectivity index (χ1n) is 20.8. The quantitative estimate of drug-likeness (QED) is 0.161. The Kier molecular flexibility index (Phi) is 8.17.